The van der Waals surface area contributed by atoms with Crippen LogP contribution in [0, 0.1) is 0 Å². The Balaban J connectivity index is 2.26. The number of nitrogens with one attached hydrogen (secondary N) is 1. The van der Waals surface area contributed by atoms with Crippen LogP contribution in [0.25, 0.3) is 0 Å². The molecule has 16 heavy (non-hydrogen) atoms. The monoisotopic (exact) mass is 218 g/mol. The highest BCUT2D eigenvalue weighted by atomic mass is 16.2. The fourth-order valence-electron chi connectivity index (χ4n) is 1.97. The second-order valence-corrected chi connectivity index (χ2v) is 4.22. The van der Waals surface area contributed by atoms with E-state index in [9.17, 15) is 4.79 Å². The van der Waals surface area contributed by atoms with Crippen LogP contribution in [0.3, 0.4) is 0 Å². The first kappa shape index (κ1) is 11.0. The van der Waals surface area contributed by atoms with E-state index in [4.69, 9.17) is 0 Å². The average Bonchev–Trinajstić information content (AvgIpc) is 2.36. The van der Waals surface area contributed by atoms with Gasteiger partial charge in [0.2, 0.25) is 0 Å². The van der Waals surface area contributed by atoms with E-state index in [1.165, 1.54) is 11.3 Å². The molecule has 0 aliphatic carbocycles. The summed E-state index contributed by atoms with van der Waals surface area (Å²) in [4.78, 5) is 13.7. The number of aryl methyl sites for hydroxylation is 1. The first-order valence-electron chi connectivity index (χ1n) is 5.84. The topological polar surface area (TPSA) is 32.3 Å². The maximum absolute atomic E-state index is 12.0. The molecular weight excluding hydrogens is 200 g/mol. The van der Waals surface area contributed by atoms with Gasteiger partial charge in [-0.1, -0.05) is 0 Å². The Bertz CT molecular complexity index is 401. The average molecular weight is 218 g/mol. The van der Waals surface area contributed by atoms with Gasteiger partial charge in [-0.2, -0.15) is 0 Å². The minimum absolute atomic E-state index is 0.107. The van der Waals surface area contributed by atoms with Gasteiger partial charge < -0.3 is 10.2 Å². The molecule has 3 nitrogen and oxygen atoms in total. The largest absolute Gasteiger partial charge is 0.385 e. The van der Waals surface area contributed by atoms with Gasteiger partial charge in [0.05, 0.1) is 0 Å². The number of nitrogens with zero attached hydrogens (tertiary/aromatic N) is 1. The fraction of sp³-hybridized carbons (Fsp3) is 0.462. The molecule has 3 heteroatoms. The van der Waals surface area contributed by atoms with Crippen LogP contribution < -0.4 is 5.32 Å². The van der Waals surface area contributed by atoms with Gasteiger partial charge in [-0.3, -0.25) is 4.79 Å². The van der Waals surface area contributed by atoms with Gasteiger partial charge in [-0.25, -0.2) is 0 Å². The molecule has 1 N–H and O–H groups in total. The van der Waals surface area contributed by atoms with Crippen molar-refractivity contribution < 1.29 is 4.79 Å². The minimum atomic E-state index is 0.107. The summed E-state index contributed by atoms with van der Waals surface area (Å²) < 4.78 is 0. The Labute approximate surface area is 96.5 Å². The highest BCUT2D eigenvalue weighted by Gasteiger charge is 2.14. The van der Waals surface area contributed by atoms with Crippen molar-refractivity contribution in [1.82, 2.24) is 4.90 Å². The van der Waals surface area contributed by atoms with Crippen molar-refractivity contribution in [3.05, 3.63) is 29.3 Å². The van der Waals surface area contributed by atoms with Crippen LogP contribution in [-0.4, -0.2) is 30.9 Å². The molecule has 0 fully saturated rings. The molecule has 0 aromatic heterocycles. The van der Waals surface area contributed by atoms with Crippen LogP contribution in [-0.2, 0) is 6.42 Å². The molecule has 0 atom stereocenters. The van der Waals surface area contributed by atoms with Crippen molar-refractivity contribution in [1.29, 1.82) is 0 Å². The molecule has 1 aromatic rings. The van der Waals surface area contributed by atoms with Gasteiger partial charge >= 0.3 is 0 Å². The summed E-state index contributed by atoms with van der Waals surface area (Å²) in [5.41, 5.74) is 3.25. The van der Waals surface area contributed by atoms with Crippen molar-refractivity contribution in [3.63, 3.8) is 0 Å². The van der Waals surface area contributed by atoms with Crippen LogP contribution in [0.4, 0.5) is 5.69 Å². The van der Waals surface area contributed by atoms with E-state index in [2.05, 4.69) is 5.32 Å². The lowest BCUT2D eigenvalue weighted by Gasteiger charge is -2.20. The standard InChI is InChI=1S/C13H18N2O/c1-3-15(2)13(16)11-6-7-12-10(9-11)5-4-8-14-12/h6-7,9,14H,3-5,8H2,1-2H3. The van der Waals surface area contributed by atoms with E-state index in [0.717, 1.165) is 31.5 Å². The Hall–Kier alpha value is -1.51. The second kappa shape index (κ2) is 4.56. The number of carbonyl (C=O) groups excluding carboxylic acids is 1. The molecule has 1 aliphatic rings. The molecule has 0 bridgehead atoms. The van der Waals surface area contributed by atoms with E-state index >= 15 is 0 Å². The number of benzene rings is 1. The first-order chi connectivity index (χ1) is 7.72. The van der Waals surface area contributed by atoms with Crippen LogP contribution in [0.1, 0.15) is 29.3 Å². The summed E-state index contributed by atoms with van der Waals surface area (Å²) in [5, 5.41) is 3.35. The molecule has 0 unspecified atom stereocenters. The molecule has 0 spiro atoms. The number of fused-ring (bicyclic) bond motifs is 1. The van der Waals surface area contributed by atoms with E-state index in [0.29, 0.717) is 0 Å². The highest BCUT2D eigenvalue weighted by molar-refractivity contribution is 5.94. The maximum atomic E-state index is 12.0. The summed E-state index contributed by atoms with van der Waals surface area (Å²) in [6.45, 7) is 3.77. The number of hydrogen-bond donors (Lipinski definition) is 1. The van der Waals surface area contributed by atoms with E-state index in [1.54, 1.807) is 4.90 Å². The van der Waals surface area contributed by atoms with Gasteiger partial charge in [-0.05, 0) is 43.5 Å². The normalized spacial score (nSPS) is 13.9. The Morgan fingerprint density at radius 1 is 1.50 bits per heavy atom. The second-order valence-electron chi connectivity index (χ2n) is 4.22. The van der Waals surface area contributed by atoms with Crippen LogP contribution in [0.2, 0.25) is 0 Å². The molecule has 86 valence electrons. The van der Waals surface area contributed by atoms with Gasteiger partial charge in [0.25, 0.3) is 5.91 Å². The predicted octanol–water partition coefficient (Wildman–Crippen LogP) is 2.14. The van der Waals surface area contributed by atoms with Crippen LogP contribution in [0.5, 0.6) is 0 Å². The number of carbonyl (C=O) groups is 1. The van der Waals surface area contributed by atoms with E-state index in [1.807, 2.05) is 32.2 Å². The Morgan fingerprint density at radius 3 is 3.06 bits per heavy atom. The predicted molar refractivity (Wildman–Crippen MR) is 65.9 cm³/mol. The van der Waals surface area contributed by atoms with Crippen molar-refractivity contribution in [2.24, 2.45) is 0 Å². The lowest BCUT2D eigenvalue weighted by Crippen LogP contribution is -2.26. The molecular formula is C13H18N2O. The fourth-order valence-corrected chi connectivity index (χ4v) is 1.97. The minimum Gasteiger partial charge on any atom is -0.385 e. The lowest BCUT2D eigenvalue weighted by molar-refractivity contribution is 0.0802. The van der Waals surface area contributed by atoms with Gasteiger partial charge in [0.15, 0.2) is 0 Å². The number of rotatable bonds is 2. The zero-order valence-corrected chi connectivity index (χ0v) is 9.92. The summed E-state index contributed by atoms with van der Waals surface area (Å²) in [7, 11) is 1.83. The Kier molecular flexibility index (Phi) is 3.13. The van der Waals surface area contributed by atoms with Crippen molar-refractivity contribution >= 4 is 11.6 Å². The molecule has 0 radical (unpaired) electrons. The number of anilines is 1. The molecule has 1 amide bonds. The number of hydrogen-bond acceptors (Lipinski definition) is 2. The van der Waals surface area contributed by atoms with Crippen molar-refractivity contribution in [2.75, 3.05) is 25.5 Å². The van der Waals surface area contributed by atoms with Crippen molar-refractivity contribution in [3.8, 4) is 0 Å². The Morgan fingerprint density at radius 2 is 2.31 bits per heavy atom. The molecule has 1 aromatic carbocycles. The third-order valence-corrected chi connectivity index (χ3v) is 3.11. The molecule has 1 aliphatic heterocycles. The SMILES string of the molecule is CCN(C)C(=O)c1ccc2c(c1)CCCN2. The smallest absolute Gasteiger partial charge is 0.253 e. The van der Waals surface area contributed by atoms with Gasteiger partial charge in [0.1, 0.15) is 0 Å². The first-order valence-corrected chi connectivity index (χ1v) is 5.84. The lowest BCUT2D eigenvalue weighted by atomic mass is 10.0. The zero-order valence-electron chi connectivity index (χ0n) is 9.92. The van der Waals surface area contributed by atoms with Crippen LogP contribution >= 0.6 is 0 Å². The van der Waals surface area contributed by atoms with Crippen LogP contribution in [0.15, 0.2) is 18.2 Å². The van der Waals surface area contributed by atoms with Gasteiger partial charge in [-0.15, -0.1) is 0 Å². The summed E-state index contributed by atoms with van der Waals surface area (Å²) in [6, 6.07) is 5.95. The summed E-state index contributed by atoms with van der Waals surface area (Å²) in [6.07, 6.45) is 2.22. The summed E-state index contributed by atoms with van der Waals surface area (Å²) in [5.74, 6) is 0.107. The van der Waals surface area contributed by atoms with Crippen molar-refractivity contribution in [2.45, 2.75) is 19.8 Å². The summed E-state index contributed by atoms with van der Waals surface area (Å²) >= 11 is 0. The van der Waals surface area contributed by atoms with Gasteiger partial charge in [0, 0.05) is 31.4 Å². The molecule has 0 saturated carbocycles. The zero-order chi connectivity index (χ0) is 11.5. The quantitative estimate of drug-likeness (QED) is 0.824. The van der Waals surface area contributed by atoms with E-state index in [-0.39, 0.29) is 5.91 Å². The maximum Gasteiger partial charge on any atom is 0.253 e. The highest BCUT2D eigenvalue weighted by Crippen LogP contribution is 2.23. The number of amides is 1. The third-order valence-electron chi connectivity index (χ3n) is 3.11. The third kappa shape index (κ3) is 2.03. The molecule has 1 heterocycles. The van der Waals surface area contributed by atoms with E-state index < -0.39 is 0 Å². The molecule has 0 saturated heterocycles. The molecule has 2 rings (SSSR count).